The Balaban J connectivity index is 1.96. The van der Waals surface area contributed by atoms with Crippen molar-refractivity contribution in [2.24, 2.45) is 5.73 Å². The SMILES string of the molecule is Cc1ccc(N(CCCN)C(=O)CCC2CCCO2)cc1. The van der Waals surface area contributed by atoms with Gasteiger partial charge in [-0.2, -0.15) is 0 Å². The van der Waals surface area contributed by atoms with E-state index in [0.717, 1.165) is 38.0 Å². The molecule has 116 valence electrons. The lowest BCUT2D eigenvalue weighted by Crippen LogP contribution is -2.33. The number of rotatable bonds is 7. The molecule has 4 heteroatoms. The Hall–Kier alpha value is -1.39. The summed E-state index contributed by atoms with van der Waals surface area (Å²) in [4.78, 5) is 14.4. The number of ether oxygens (including phenoxy) is 1. The molecule has 2 N–H and O–H groups in total. The topological polar surface area (TPSA) is 55.6 Å². The van der Waals surface area contributed by atoms with Crippen LogP contribution in [0.15, 0.2) is 24.3 Å². The highest BCUT2D eigenvalue weighted by Gasteiger charge is 2.20. The van der Waals surface area contributed by atoms with E-state index in [4.69, 9.17) is 10.5 Å². The molecule has 1 heterocycles. The molecule has 1 saturated heterocycles. The maximum absolute atomic E-state index is 12.5. The average Bonchev–Trinajstić information content (AvgIpc) is 3.00. The maximum Gasteiger partial charge on any atom is 0.227 e. The Kier molecular flexibility index (Phi) is 6.21. The van der Waals surface area contributed by atoms with Crippen molar-refractivity contribution in [3.8, 4) is 0 Å². The molecule has 1 atom stereocenters. The van der Waals surface area contributed by atoms with Crippen molar-refractivity contribution in [1.29, 1.82) is 0 Å². The van der Waals surface area contributed by atoms with Crippen molar-refractivity contribution in [3.05, 3.63) is 29.8 Å². The average molecular weight is 290 g/mol. The summed E-state index contributed by atoms with van der Waals surface area (Å²) in [5.74, 6) is 0.169. The van der Waals surface area contributed by atoms with Gasteiger partial charge in [-0.1, -0.05) is 17.7 Å². The third-order valence-corrected chi connectivity index (χ3v) is 3.94. The van der Waals surface area contributed by atoms with Crippen LogP contribution in [0.25, 0.3) is 0 Å². The second-order valence-electron chi connectivity index (χ2n) is 5.70. The van der Waals surface area contributed by atoms with Gasteiger partial charge in [0.2, 0.25) is 5.91 Å². The minimum atomic E-state index is 0.169. The maximum atomic E-state index is 12.5. The molecule has 1 fully saturated rings. The molecule has 4 nitrogen and oxygen atoms in total. The summed E-state index contributed by atoms with van der Waals surface area (Å²) in [5, 5.41) is 0. The van der Waals surface area contributed by atoms with E-state index in [2.05, 4.69) is 0 Å². The second kappa shape index (κ2) is 8.15. The number of amides is 1. The van der Waals surface area contributed by atoms with E-state index in [0.29, 0.717) is 19.5 Å². The van der Waals surface area contributed by atoms with Crippen LogP contribution in [-0.2, 0) is 9.53 Å². The summed E-state index contributed by atoms with van der Waals surface area (Å²) >= 11 is 0. The molecular formula is C17H26N2O2. The van der Waals surface area contributed by atoms with Crippen molar-refractivity contribution in [2.75, 3.05) is 24.6 Å². The van der Waals surface area contributed by atoms with E-state index in [1.54, 1.807) is 0 Å². The van der Waals surface area contributed by atoms with Gasteiger partial charge >= 0.3 is 0 Å². The largest absolute Gasteiger partial charge is 0.378 e. The van der Waals surface area contributed by atoms with Gasteiger partial charge in [0.1, 0.15) is 0 Å². The van der Waals surface area contributed by atoms with Gasteiger partial charge in [0, 0.05) is 25.3 Å². The van der Waals surface area contributed by atoms with Crippen molar-refractivity contribution in [1.82, 2.24) is 0 Å². The zero-order valence-corrected chi connectivity index (χ0v) is 12.9. The summed E-state index contributed by atoms with van der Waals surface area (Å²) in [6.45, 7) is 4.17. The van der Waals surface area contributed by atoms with Crippen LogP contribution >= 0.6 is 0 Å². The molecule has 1 aliphatic heterocycles. The molecule has 0 aromatic heterocycles. The van der Waals surface area contributed by atoms with Crippen LogP contribution in [0.4, 0.5) is 5.69 Å². The molecule has 0 aliphatic carbocycles. The van der Waals surface area contributed by atoms with E-state index < -0.39 is 0 Å². The van der Waals surface area contributed by atoms with Gasteiger partial charge in [0.25, 0.3) is 0 Å². The number of hydrogen-bond donors (Lipinski definition) is 1. The predicted octanol–water partition coefficient (Wildman–Crippen LogP) is 2.64. The Labute approximate surface area is 127 Å². The molecule has 1 aliphatic rings. The Bertz CT molecular complexity index is 439. The van der Waals surface area contributed by atoms with Crippen LogP contribution in [-0.4, -0.2) is 31.7 Å². The molecule has 0 spiro atoms. The fraction of sp³-hybridized carbons (Fsp3) is 0.588. The second-order valence-corrected chi connectivity index (χ2v) is 5.70. The van der Waals surface area contributed by atoms with Crippen LogP contribution in [0.2, 0.25) is 0 Å². The number of aryl methyl sites for hydroxylation is 1. The molecule has 1 aromatic rings. The molecule has 0 saturated carbocycles. The lowest BCUT2D eigenvalue weighted by molar-refractivity contribution is -0.119. The highest BCUT2D eigenvalue weighted by Crippen LogP contribution is 2.20. The van der Waals surface area contributed by atoms with Gasteiger partial charge in [0.05, 0.1) is 6.10 Å². The van der Waals surface area contributed by atoms with Crippen LogP contribution in [0.3, 0.4) is 0 Å². The number of carbonyl (C=O) groups is 1. The first-order chi connectivity index (χ1) is 10.2. The number of nitrogens with zero attached hydrogens (tertiary/aromatic N) is 1. The normalized spacial score (nSPS) is 17.9. The van der Waals surface area contributed by atoms with Gasteiger partial charge in [0.15, 0.2) is 0 Å². The molecule has 2 rings (SSSR count). The van der Waals surface area contributed by atoms with Gasteiger partial charge in [-0.05, 0) is 51.3 Å². The predicted molar refractivity (Wildman–Crippen MR) is 85.4 cm³/mol. The number of nitrogens with two attached hydrogens (primary N) is 1. The van der Waals surface area contributed by atoms with Gasteiger partial charge < -0.3 is 15.4 Å². The van der Waals surface area contributed by atoms with E-state index in [9.17, 15) is 4.79 Å². The number of anilines is 1. The quantitative estimate of drug-likeness (QED) is 0.840. The lowest BCUT2D eigenvalue weighted by atomic mass is 10.1. The molecule has 1 amide bonds. The third kappa shape index (κ3) is 4.83. The molecular weight excluding hydrogens is 264 g/mol. The Morgan fingerprint density at radius 3 is 2.76 bits per heavy atom. The van der Waals surface area contributed by atoms with Gasteiger partial charge in [-0.25, -0.2) is 0 Å². The standard InChI is InChI=1S/C17H26N2O2/c1-14-5-7-15(8-6-14)19(12-3-11-18)17(20)10-9-16-4-2-13-21-16/h5-8,16H,2-4,9-13,18H2,1H3. The van der Waals surface area contributed by atoms with Gasteiger partial charge in [-0.3, -0.25) is 4.79 Å². The van der Waals surface area contributed by atoms with Gasteiger partial charge in [-0.15, -0.1) is 0 Å². The highest BCUT2D eigenvalue weighted by molar-refractivity contribution is 5.93. The van der Waals surface area contributed by atoms with Crippen LogP contribution in [0.1, 0.15) is 37.7 Å². The first kappa shape index (κ1) is 16.0. The number of carbonyl (C=O) groups excluding carboxylic acids is 1. The third-order valence-electron chi connectivity index (χ3n) is 3.94. The van der Waals surface area contributed by atoms with Crippen molar-refractivity contribution >= 4 is 11.6 Å². The van der Waals surface area contributed by atoms with E-state index in [1.165, 1.54) is 5.56 Å². The fourth-order valence-corrected chi connectivity index (χ4v) is 2.66. The highest BCUT2D eigenvalue weighted by atomic mass is 16.5. The molecule has 1 unspecified atom stereocenters. The summed E-state index contributed by atoms with van der Waals surface area (Å²) in [5.41, 5.74) is 7.76. The Morgan fingerprint density at radius 2 is 2.14 bits per heavy atom. The van der Waals surface area contributed by atoms with Crippen LogP contribution < -0.4 is 10.6 Å². The smallest absolute Gasteiger partial charge is 0.227 e. The van der Waals surface area contributed by atoms with Crippen LogP contribution in [0, 0.1) is 6.92 Å². The number of benzene rings is 1. The van der Waals surface area contributed by atoms with Crippen LogP contribution in [0.5, 0.6) is 0 Å². The summed E-state index contributed by atoms with van der Waals surface area (Å²) in [6.07, 6.45) is 4.66. The van der Waals surface area contributed by atoms with E-state index in [1.807, 2.05) is 36.1 Å². The molecule has 21 heavy (non-hydrogen) atoms. The van der Waals surface area contributed by atoms with Crippen molar-refractivity contribution in [3.63, 3.8) is 0 Å². The molecule has 0 radical (unpaired) electrons. The summed E-state index contributed by atoms with van der Waals surface area (Å²) < 4.78 is 5.59. The minimum Gasteiger partial charge on any atom is -0.378 e. The lowest BCUT2D eigenvalue weighted by Gasteiger charge is -2.23. The first-order valence-corrected chi connectivity index (χ1v) is 7.89. The summed E-state index contributed by atoms with van der Waals surface area (Å²) in [7, 11) is 0. The minimum absolute atomic E-state index is 0.169. The Morgan fingerprint density at radius 1 is 1.38 bits per heavy atom. The molecule has 1 aromatic carbocycles. The van der Waals surface area contributed by atoms with Crippen molar-refractivity contribution < 1.29 is 9.53 Å². The van der Waals surface area contributed by atoms with E-state index in [-0.39, 0.29) is 12.0 Å². The summed E-state index contributed by atoms with van der Waals surface area (Å²) in [6, 6.07) is 8.10. The fourth-order valence-electron chi connectivity index (χ4n) is 2.66. The zero-order valence-electron chi connectivity index (χ0n) is 12.9. The number of hydrogen-bond acceptors (Lipinski definition) is 3. The molecule has 0 bridgehead atoms. The van der Waals surface area contributed by atoms with Crippen molar-refractivity contribution in [2.45, 2.75) is 45.1 Å². The van der Waals surface area contributed by atoms with E-state index >= 15 is 0 Å². The monoisotopic (exact) mass is 290 g/mol. The zero-order chi connectivity index (χ0) is 15.1. The first-order valence-electron chi connectivity index (χ1n) is 7.89.